The van der Waals surface area contributed by atoms with E-state index in [9.17, 15) is 4.79 Å². The third-order valence-electron chi connectivity index (χ3n) is 4.93. The quantitative estimate of drug-likeness (QED) is 0.671. The van der Waals surface area contributed by atoms with E-state index in [1.54, 1.807) is 0 Å². The first-order chi connectivity index (χ1) is 12.7. The summed E-state index contributed by atoms with van der Waals surface area (Å²) in [5.74, 6) is 0.0756. The third kappa shape index (κ3) is 3.61. The van der Waals surface area contributed by atoms with Crippen LogP contribution in [0.2, 0.25) is 0 Å². The second-order valence-corrected chi connectivity index (χ2v) is 8.12. The summed E-state index contributed by atoms with van der Waals surface area (Å²) < 4.78 is 0. The van der Waals surface area contributed by atoms with Gasteiger partial charge in [-0.2, -0.15) is 0 Å². The van der Waals surface area contributed by atoms with Gasteiger partial charge >= 0.3 is 0 Å². The maximum atomic E-state index is 12.7. The highest BCUT2D eigenvalue weighted by atomic mass is 32.2. The first-order valence-corrected chi connectivity index (χ1v) is 9.99. The molecule has 0 fully saturated rings. The molecule has 0 aliphatic heterocycles. The van der Waals surface area contributed by atoms with Crippen molar-refractivity contribution in [1.82, 2.24) is 10.3 Å². The van der Waals surface area contributed by atoms with E-state index in [1.165, 1.54) is 22.9 Å². The Bertz CT molecular complexity index is 940. The number of fused-ring (bicyclic) bond motifs is 2. The fourth-order valence-electron chi connectivity index (χ4n) is 3.54. The van der Waals surface area contributed by atoms with Gasteiger partial charge in [-0.25, -0.2) is 4.98 Å². The average Bonchev–Trinajstić information content (AvgIpc) is 2.68. The number of aryl methyl sites for hydroxylation is 1. The molecule has 0 spiro atoms. The largest absolute Gasteiger partial charge is 0.348 e. The molecule has 0 saturated carbocycles. The lowest BCUT2D eigenvalue weighted by Crippen LogP contribution is -2.35. The summed E-state index contributed by atoms with van der Waals surface area (Å²) in [6.45, 7) is 1.95. The minimum absolute atomic E-state index is 0.0756. The summed E-state index contributed by atoms with van der Waals surface area (Å²) in [6.07, 6.45) is 3.23. The van der Waals surface area contributed by atoms with Crippen molar-refractivity contribution in [1.29, 1.82) is 0 Å². The Hall–Kier alpha value is -2.33. The van der Waals surface area contributed by atoms with E-state index in [0.29, 0.717) is 0 Å². The van der Waals surface area contributed by atoms with Gasteiger partial charge in [0.1, 0.15) is 0 Å². The zero-order valence-electron chi connectivity index (χ0n) is 14.8. The Kier molecular flexibility index (Phi) is 4.93. The maximum Gasteiger partial charge on any atom is 0.233 e. The number of benzene rings is 2. The molecule has 132 valence electrons. The minimum atomic E-state index is -0.183. The molecule has 0 bridgehead atoms. The summed E-state index contributed by atoms with van der Waals surface area (Å²) in [4.78, 5) is 17.4. The van der Waals surface area contributed by atoms with Crippen molar-refractivity contribution in [2.24, 2.45) is 0 Å². The second kappa shape index (κ2) is 7.50. The SMILES string of the molecule is C[C@@H](Sc1ccc2ccccc2n1)C(=O)N[C@@H]1CCCc2ccccc21. The molecule has 1 aliphatic rings. The van der Waals surface area contributed by atoms with Crippen LogP contribution in [0.25, 0.3) is 10.9 Å². The number of nitrogens with zero attached hydrogens (tertiary/aromatic N) is 1. The molecule has 0 unspecified atom stereocenters. The van der Waals surface area contributed by atoms with E-state index in [4.69, 9.17) is 0 Å². The summed E-state index contributed by atoms with van der Waals surface area (Å²) in [5.41, 5.74) is 3.60. The van der Waals surface area contributed by atoms with Crippen LogP contribution in [0.15, 0.2) is 65.7 Å². The molecule has 26 heavy (non-hydrogen) atoms. The summed E-state index contributed by atoms with van der Waals surface area (Å²) in [7, 11) is 0. The molecular formula is C22H22N2OS. The first kappa shape index (κ1) is 17.1. The van der Waals surface area contributed by atoms with Gasteiger partial charge in [-0.1, -0.05) is 60.3 Å². The van der Waals surface area contributed by atoms with Gasteiger partial charge in [0.15, 0.2) is 0 Å². The number of carbonyl (C=O) groups excluding carboxylic acids is 1. The normalized spacial score (nSPS) is 17.5. The molecule has 3 aromatic rings. The van der Waals surface area contributed by atoms with Crippen LogP contribution < -0.4 is 5.32 Å². The zero-order chi connectivity index (χ0) is 17.9. The lowest BCUT2D eigenvalue weighted by Gasteiger charge is -2.27. The molecule has 1 aromatic heterocycles. The lowest BCUT2D eigenvalue weighted by molar-refractivity contribution is -0.121. The van der Waals surface area contributed by atoms with Gasteiger partial charge in [-0.3, -0.25) is 4.79 Å². The molecule has 0 radical (unpaired) electrons. The third-order valence-corrected chi connectivity index (χ3v) is 5.96. The van der Waals surface area contributed by atoms with E-state index >= 15 is 0 Å². The van der Waals surface area contributed by atoms with Crippen LogP contribution >= 0.6 is 11.8 Å². The molecule has 1 aliphatic carbocycles. The van der Waals surface area contributed by atoms with Gasteiger partial charge < -0.3 is 5.32 Å². The van der Waals surface area contributed by atoms with Crippen LogP contribution in [0.3, 0.4) is 0 Å². The monoisotopic (exact) mass is 362 g/mol. The standard InChI is InChI=1S/C22H22N2OS/c1-15(26-21-14-13-17-8-3-5-11-19(17)23-21)22(25)24-20-12-6-9-16-7-2-4-10-18(16)20/h2-5,7-8,10-11,13-15,20H,6,9,12H2,1H3,(H,24,25)/t15-,20-/m1/s1. The Morgan fingerprint density at radius 2 is 1.92 bits per heavy atom. The highest BCUT2D eigenvalue weighted by molar-refractivity contribution is 8.00. The van der Waals surface area contributed by atoms with Gasteiger partial charge in [0.2, 0.25) is 5.91 Å². The van der Waals surface area contributed by atoms with E-state index in [1.807, 2.05) is 37.3 Å². The van der Waals surface area contributed by atoms with Gasteiger partial charge in [-0.15, -0.1) is 0 Å². The number of thioether (sulfide) groups is 1. The second-order valence-electron chi connectivity index (χ2n) is 6.75. The van der Waals surface area contributed by atoms with Crippen molar-refractivity contribution in [3.8, 4) is 0 Å². The van der Waals surface area contributed by atoms with Gasteiger partial charge in [0.05, 0.1) is 21.8 Å². The van der Waals surface area contributed by atoms with Crippen LogP contribution in [-0.2, 0) is 11.2 Å². The predicted octanol–water partition coefficient (Wildman–Crippen LogP) is 4.91. The molecule has 4 heteroatoms. The molecule has 2 aromatic carbocycles. The van der Waals surface area contributed by atoms with Crippen molar-refractivity contribution in [2.75, 3.05) is 0 Å². The molecule has 0 saturated heterocycles. The van der Waals surface area contributed by atoms with Crippen molar-refractivity contribution in [3.05, 3.63) is 71.8 Å². The van der Waals surface area contributed by atoms with Crippen LogP contribution in [0.1, 0.15) is 36.9 Å². The smallest absolute Gasteiger partial charge is 0.233 e. The Balaban J connectivity index is 1.45. The van der Waals surface area contributed by atoms with Crippen LogP contribution in [0.4, 0.5) is 0 Å². The van der Waals surface area contributed by atoms with Crippen LogP contribution in [0, 0.1) is 0 Å². The number of aromatic nitrogens is 1. The van der Waals surface area contributed by atoms with Gasteiger partial charge in [0.25, 0.3) is 0 Å². The fourth-order valence-corrected chi connectivity index (χ4v) is 4.38. The van der Waals surface area contributed by atoms with Crippen LogP contribution in [-0.4, -0.2) is 16.1 Å². The summed E-state index contributed by atoms with van der Waals surface area (Å²) in [6, 6.07) is 20.7. The van der Waals surface area contributed by atoms with Gasteiger partial charge in [0, 0.05) is 5.39 Å². The molecule has 1 amide bonds. The molecule has 4 rings (SSSR count). The van der Waals surface area contributed by atoms with E-state index in [2.05, 4.69) is 40.6 Å². The van der Waals surface area contributed by atoms with E-state index < -0.39 is 0 Å². The number of para-hydroxylation sites is 1. The van der Waals surface area contributed by atoms with Gasteiger partial charge in [-0.05, 0) is 49.4 Å². The van der Waals surface area contributed by atoms with Crippen molar-refractivity contribution < 1.29 is 4.79 Å². The summed E-state index contributed by atoms with van der Waals surface area (Å²) in [5, 5.41) is 5.06. The molecular weight excluding hydrogens is 340 g/mol. The number of hydrogen-bond acceptors (Lipinski definition) is 3. The number of pyridine rings is 1. The Morgan fingerprint density at radius 3 is 2.85 bits per heavy atom. The number of carbonyl (C=O) groups is 1. The summed E-state index contributed by atoms with van der Waals surface area (Å²) >= 11 is 1.51. The van der Waals surface area contributed by atoms with Crippen molar-refractivity contribution >= 4 is 28.6 Å². The predicted molar refractivity (Wildman–Crippen MR) is 107 cm³/mol. The maximum absolute atomic E-state index is 12.7. The highest BCUT2D eigenvalue weighted by Crippen LogP contribution is 2.30. The average molecular weight is 362 g/mol. The van der Waals surface area contributed by atoms with Crippen molar-refractivity contribution in [3.63, 3.8) is 0 Å². The topological polar surface area (TPSA) is 42.0 Å². The number of nitrogens with one attached hydrogen (secondary N) is 1. The molecule has 1 heterocycles. The fraction of sp³-hybridized carbons (Fsp3) is 0.273. The van der Waals surface area contributed by atoms with E-state index in [-0.39, 0.29) is 17.2 Å². The van der Waals surface area contributed by atoms with E-state index in [0.717, 1.165) is 35.2 Å². The van der Waals surface area contributed by atoms with Crippen LogP contribution in [0.5, 0.6) is 0 Å². The Morgan fingerprint density at radius 1 is 1.12 bits per heavy atom. The Labute approximate surface area is 158 Å². The highest BCUT2D eigenvalue weighted by Gasteiger charge is 2.24. The minimum Gasteiger partial charge on any atom is -0.348 e. The molecule has 3 nitrogen and oxygen atoms in total. The first-order valence-electron chi connectivity index (χ1n) is 9.11. The lowest BCUT2D eigenvalue weighted by atomic mass is 9.88. The molecule has 1 N–H and O–H groups in total. The zero-order valence-corrected chi connectivity index (χ0v) is 15.6. The number of amides is 1. The number of rotatable bonds is 4. The number of hydrogen-bond donors (Lipinski definition) is 1. The molecule has 2 atom stereocenters. The van der Waals surface area contributed by atoms with Crippen molar-refractivity contribution in [2.45, 2.75) is 42.5 Å².